The Kier molecular flexibility index (Phi) is 4.21. The molecule has 1 aromatic heterocycles. The highest BCUT2D eigenvalue weighted by atomic mass is 16.5. The van der Waals surface area contributed by atoms with E-state index in [1.54, 1.807) is 6.07 Å². The zero-order chi connectivity index (χ0) is 19.1. The van der Waals surface area contributed by atoms with Crippen LogP contribution in [0.3, 0.4) is 0 Å². The number of ether oxygens (including phenoxy) is 1. The first-order chi connectivity index (χ1) is 13.0. The predicted octanol–water partition coefficient (Wildman–Crippen LogP) is 1.76. The van der Waals surface area contributed by atoms with Gasteiger partial charge in [-0.2, -0.15) is 5.26 Å². The average Bonchev–Trinajstić information content (AvgIpc) is 2.88. The van der Waals surface area contributed by atoms with Crippen LogP contribution in [-0.2, 0) is 11.2 Å². The lowest BCUT2D eigenvalue weighted by Gasteiger charge is -2.34. The van der Waals surface area contributed by atoms with E-state index >= 15 is 0 Å². The van der Waals surface area contributed by atoms with Crippen molar-refractivity contribution in [1.29, 1.82) is 5.26 Å². The molecule has 4 rings (SSSR count). The number of benzene rings is 1. The lowest BCUT2D eigenvalue weighted by Crippen LogP contribution is -2.35. The summed E-state index contributed by atoms with van der Waals surface area (Å²) in [7, 11) is 2.13. The van der Waals surface area contributed by atoms with Gasteiger partial charge in [-0.1, -0.05) is 12.1 Å². The first-order valence-corrected chi connectivity index (χ1v) is 8.95. The number of nitrogens with two attached hydrogens (primary N) is 2. The summed E-state index contributed by atoms with van der Waals surface area (Å²) in [6.45, 7) is -0.196. The number of hydrogen-bond acceptors (Lipinski definition) is 6. The van der Waals surface area contributed by atoms with Gasteiger partial charge in [0.05, 0.1) is 0 Å². The number of nitrogens with zero attached hydrogens (tertiary/aromatic N) is 3. The Bertz CT molecular complexity index is 966. The molecule has 0 spiro atoms. The summed E-state index contributed by atoms with van der Waals surface area (Å²) < 4.78 is 5.45. The van der Waals surface area contributed by atoms with Gasteiger partial charge in [0.2, 0.25) is 0 Å². The van der Waals surface area contributed by atoms with Crippen LogP contribution in [0.25, 0.3) is 11.1 Å². The molecule has 1 amide bonds. The van der Waals surface area contributed by atoms with E-state index in [0.717, 1.165) is 41.6 Å². The zero-order valence-electron chi connectivity index (χ0n) is 15.1. The van der Waals surface area contributed by atoms with Gasteiger partial charge in [-0.25, -0.2) is 4.98 Å². The van der Waals surface area contributed by atoms with E-state index in [-0.39, 0.29) is 18.5 Å². The van der Waals surface area contributed by atoms with E-state index in [2.05, 4.69) is 23.0 Å². The minimum absolute atomic E-state index is 0.196. The summed E-state index contributed by atoms with van der Waals surface area (Å²) >= 11 is 0. The van der Waals surface area contributed by atoms with Crippen LogP contribution < -0.4 is 16.2 Å². The van der Waals surface area contributed by atoms with E-state index in [9.17, 15) is 10.1 Å². The van der Waals surface area contributed by atoms with Gasteiger partial charge in [0.25, 0.3) is 5.91 Å². The molecule has 0 aliphatic carbocycles. The SMILES string of the molecule is CN1[C@@H]2CC[C@H]1c1c(nc(N)c(C#N)c1-c1cccc(OCC(N)=O)c1)C2. The van der Waals surface area contributed by atoms with Crippen molar-refractivity contribution in [3.05, 3.63) is 41.1 Å². The number of nitrogen functional groups attached to an aromatic ring is 1. The van der Waals surface area contributed by atoms with Crippen LogP contribution in [0.1, 0.15) is 35.7 Å². The van der Waals surface area contributed by atoms with Gasteiger partial charge in [0.1, 0.15) is 23.2 Å². The van der Waals surface area contributed by atoms with Crippen LogP contribution in [0.5, 0.6) is 5.75 Å². The van der Waals surface area contributed by atoms with Crippen molar-refractivity contribution in [2.24, 2.45) is 5.73 Å². The van der Waals surface area contributed by atoms with Crippen LogP contribution in [0.4, 0.5) is 5.82 Å². The zero-order valence-corrected chi connectivity index (χ0v) is 15.1. The smallest absolute Gasteiger partial charge is 0.255 e. The van der Waals surface area contributed by atoms with Crippen molar-refractivity contribution in [3.8, 4) is 22.9 Å². The number of carbonyl (C=O) groups is 1. The normalized spacial score (nSPS) is 20.7. The van der Waals surface area contributed by atoms with Crippen molar-refractivity contribution in [1.82, 2.24) is 9.88 Å². The van der Waals surface area contributed by atoms with Gasteiger partial charge in [-0.15, -0.1) is 0 Å². The minimum atomic E-state index is -0.540. The number of rotatable bonds is 4. The van der Waals surface area contributed by atoms with Gasteiger partial charge in [-0.3, -0.25) is 9.69 Å². The molecule has 1 aromatic carbocycles. The highest BCUT2D eigenvalue weighted by Gasteiger charge is 2.41. The van der Waals surface area contributed by atoms with Crippen LogP contribution in [0.2, 0.25) is 0 Å². The van der Waals surface area contributed by atoms with Crippen molar-refractivity contribution in [2.45, 2.75) is 31.3 Å². The maximum Gasteiger partial charge on any atom is 0.255 e. The Hall–Kier alpha value is -3.11. The Morgan fingerprint density at radius 3 is 3.00 bits per heavy atom. The van der Waals surface area contributed by atoms with E-state index in [4.69, 9.17) is 16.2 Å². The van der Waals surface area contributed by atoms with Crippen molar-refractivity contribution in [3.63, 3.8) is 0 Å². The second-order valence-corrected chi connectivity index (χ2v) is 7.12. The molecule has 1 fully saturated rings. The van der Waals surface area contributed by atoms with E-state index in [1.165, 1.54) is 0 Å². The summed E-state index contributed by atoms with van der Waals surface area (Å²) in [5.41, 5.74) is 15.4. The Balaban J connectivity index is 1.88. The molecule has 4 N–H and O–H groups in total. The van der Waals surface area contributed by atoms with Crippen LogP contribution in [0, 0.1) is 11.3 Å². The molecular formula is C20H21N5O2. The van der Waals surface area contributed by atoms with Gasteiger partial charge in [0.15, 0.2) is 6.61 Å². The average molecular weight is 363 g/mol. The van der Waals surface area contributed by atoms with Crippen molar-refractivity contribution >= 4 is 11.7 Å². The minimum Gasteiger partial charge on any atom is -0.484 e. The molecule has 3 heterocycles. The monoisotopic (exact) mass is 363 g/mol. The molecular weight excluding hydrogens is 342 g/mol. The number of carbonyl (C=O) groups excluding carboxylic acids is 1. The van der Waals surface area contributed by atoms with Crippen molar-refractivity contribution in [2.75, 3.05) is 19.4 Å². The highest BCUT2D eigenvalue weighted by Crippen LogP contribution is 2.47. The second kappa shape index (κ2) is 6.56. The number of pyridine rings is 1. The number of fused-ring (bicyclic) bond motifs is 4. The highest BCUT2D eigenvalue weighted by molar-refractivity contribution is 5.81. The Morgan fingerprint density at radius 1 is 1.44 bits per heavy atom. The molecule has 0 radical (unpaired) electrons. The predicted molar refractivity (Wildman–Crippen MR) is 101 cm³/mol. The Morgan fingerprint density at radius 2 is 2.26 bits per heavy atom. The Labute approximate surface area is 157 Å². The molecule has 2 bridgehead atoms. The maximum atomic E-state index is 11.0. The van der Waals surface area contributed by atoms with Crippen molar-refractivity contribution < 1.29 is 9.53 Å². The second-order valence-electron chi connectivity index (χ2n) is 7.12. The van der Waals surface area contributed by atoms with Gasteiger partial charge >= 0.3 is 0 Å². The summed E-state index contributed by atoms with van der Waals surface area (Å²) in [5, 5.41) is 9.77. The fourth-order valence-corrected chi connectivity index (χ4v) is 4.32. The van der Waals surface area contributed by atoms with Gasteiger partial charge in [-0.05, 0) is 37.6 Å². The third-order valence-electron chi connectivity index (χ3n) is 5.56. The topological polar surface area (TPSA) is 118 Å². The largest absolute Gasteiger partial charge is 0.484 e. The molecule has 1 saturated heterocycles. The molecule has 0 saturated carbocycles. The summed E-state index contributed by atoms with van der Waals surface area (Å²) in [4.78, 5) is 17.9. The third-order valence-corrected chi connectivity index (χ3v) is 5.56. The number of nitriles is 1. The first kappa shape index (κ1) is 17.3. The fraction of sp³-hybridized carbons (Fsp3) is 0.350. The van der Waals surface area contributed by atoms with Crippen LogP contribution in [0.15, 0.2) is 24.3 Å². The molecule has 2 aliphatic rings. The lowest BCUT2D eigenvalue weighted by atomic mass is 9.87. The summed E-state index contributed by atoms with van der Waals surface area (Å²) in [6, 6.07) is 10.3. The molecule has 27 heavy (non-hydrogen) atoms. The number of likely N-dealkylation sites (N-methyl/N-ethyl adjacent to an activating group) is 1. The number of hydrogen-bond donors (Lipinski definition) is 2. The molecule has 2 aliphatic heterocycles. The summed E-state index contributed by atoms with van der Waals surface area (Å²) in [6.07, 6.45) is 2.99. The molecule has 7 heteroatoms. The quantitative estimate of drug-likeness (QED) is 0.854. The number of anilines is 1. The van der Waals surface area contributed by atoms with Gasteiger partial charge in [0, 0.05) is 35.3 Å². The first-order valence-electron chi connectivity index (χ1n) is 8.95. The third kappa shape index (κ3) is 2.88. The standard InChI is InChI=1S/C20H21N5O2/c1-25-12-5-6-16(25)19-15(8-12)24-20(23)14(9-21)18(19)11-3-2-4-13(7-11)27-10-17(22)26/h2-4,7,12,16H,5-6,8,10H2,1H3,(H2,22,26)(H2,23,24)/t12-,16+/m1/s1. The number of primary amides is 1. The lowest BCUT2D eigenvalue weighted by molar-refractivity contribution is -0.119. The van der Waals surface area contributed by atoms with Gasteiger partial charge < -0.3 is 16.2 Å². The maximum absolute atomic E-state index is 11.0. The molecule has 0 unspecified atom stereocenters. The van der Waals surface area contributed by atoms with Crippen LogP contribution in [-0.4, -0.2) is 35.5 Å². The summed E-state index contributed by atoms with van der Waals surface area (Å²) in [5.74, 6) is 0.244. The number of amides is 1. The van der Waals surface area contributed by atoms with E-state index in [0.29, 0.717) is 17.4 Å². The molecule has 138 valence electrons. The van der Waals surface area contributed by atoms with E-state index < -0.39 is 5.91 Å². The molecule has 2 atom stereocenters. The van der Waals surface area contributed by atoms with Crippen LogP contribution >= 0.6 is 0 Å². The number of aromatic nitrogens is 1. The fourth-order valence-electron chi connectivity index (χ4n) is 4.32. The molecule has 7 nitrogen and oxygen atoms in total. The van der Waals surface area contributed by atoms with E-state index in [1.807, 2.05) is 18.2 Å². The molecule has 2 aromatic rings.